The van der Waals surface area contributed by atoms with Gasteiger partial charge >= 0.3 is 0 Å². The monoisotopic (exact) mass is 348 g/mol. The third kappa shape index (κ3) is 8.25. The number of hydrogen-bond acceptors (Lipinski definition) is 3. The van der Waals surface area contributed by atoms with Crippen LogP contribution >= 0.6 is 0 Å². The van der Waals surface area contributed by atoms with Crippen molar-refractivity contribution in [2.45, 2.75) is 47.1 Å². The molecule has 5 nitrogen and oxygen atoms in total. The fraction of sp³-hybridized carbons (Fsp3) is 0.650. The van der Waals surface area contributed by atoms with Gasteiger partial charge in [-0.15, -0.1) is 0 Å². The average Bonchev–Trinajstić information content (AvgIpc) is 2.62. The van der Waals surface area contributed by atoms with Crippen LogP contribution in [-0.4, -0.2) is 50.7 Å². The van der Waals surface area contributed by atoms with E-state index in [9.17, 15) is 0 Å². The number of hydrogen-bond donors (Lipinski definition) is 2. The number of nitrogens with one attached hydrogen (secondary N) is 2. The molecule has 0 radical (unpaired) electrons. The highest BCUT2D eigenvalue weighted by Gasteiger charge is 2.05. The fourth-order valence-corrected chi connectivity index (χ4v) is 2.70. The molecule has 1 aromatic carbocycles. The molecule has 0 saturated heterocycles. The Balaban J connectivity index is 2.37. The van der Waals surface area contributed by atoms with Crippen LogP contribution in [0.4, 0.5) is 0 Å². The van der Waals surface area contributed by atoms with E-state index in [1.165, 1.54) is 18.5 Å². The summed E-state index contributed by atoms with van der Waals surface area (Å²) >= 11 is 0. The number of nitrogens with zero attached hydrogens (tertiary/aromatic N) is 2. The summed E-state index contributed by atoms with van der Waals surface area (Å²) in [6.07, 6.45) is 2.35. The van der Waals surface area contributed by atoms with Gasteiger partial charge in [0.05, 0.1) is 6.61 Å². The molecule has 0 aliphatic rings. The highest BCUT2D eigenvalue weighted by Crippen LogP contribution is 2.20. The van der Waals surface area contributed by atoms with Crippen LogP contribution in [0.1, 0.15) is 44.7 Å². The summed E-state index contributed by atoms with van der Waals surface area (Å²) in [6.45, 7) is 14.3. The third-order valence-corrected chi connectivity index (χ3v) is 4.28. The summed E-state index contributed by atoms with van der Waals surface area (Å²) in [4.78, 5) is 6.76. The number of guanidine groups is 1. The van der Waals surface area contributed by atoms with Crippen LogP contribution < -0.4 is 15.4 Å². The van der Waals surface area contributed by atoms with E-state index in [1.54, 1.807) is 0 Å². The lowest BCUT2D eigenvalue weighted by molar-refractivity contribution is 0.297. The first-order chi connectivity index (χ1) is 12.1. The van der Waals surface area contributed by atoms with Crippen molar-refractivity contribution in [1.29, 1.82) is 0 Å². The maximum absolute atomic E-state index is 5.74. The molecular weight excluding hydrogens is 312 g/mol. The second kappa shape index (κ2) is 12.6. The Kier molecular flexibility index (Phi) is 10.7. The quantitative estimate of drug-likeness (QED) is 0.366. The van der Waals surface area contributed by atoms with Crippen LogP contribution in [0.3, 0.4) is 0 Å². The summed E-state index contributed by atoms with van der Waals surface area (Å²) < 4.78 is 5.74. The van der Waals surface area contributed by atoms with Crippen LogP contribution in [0, 0.1) is 6.92 Å². The first-order valence-electron chi connectivity index (χ1n) is 9.53. The van der Waals surface area contributed by atoms with Crippen molar-refractivity contribution in [1.82, 2.24) is 15.5 Å². The van der Waals surface area contributed by atoms with Crippen LogP contribution in [0.15, 0.2) is 23.2 Å². The largest absolute Gasteiger partial charge is 0.494 e. The first kappa shape index (κ1) is 21.3. The maximum Gasteiger partial charge on any atom is 0.191 e. The predicted molar refractivity (Wildman–Crippen MR) is 108 cm³/mol. The number of rotatable bonds is 11. The van der Waals surface area contributed by atoms with Crippen LogP contribution in [0.25, 0.3) is 0 Å². The first-order valence-corrected chi connectivity index (χ1v) is 9.53. The lowest BCUT2D eigenvalue weighted by Gasteiger charge is -2.18. The second-order valence-electron chi connectivity index (χ2n) is 6.13. The Morgan fingerprint density at radius 1 is 1.12 bits per heavy atom. The van der Waals surface area contributed by atoms with E-state index in [-0.39, 0.29) is 0 Å². The Hall–Kier alpha value is -1.75. The van der Waals surface area contributed by atoms with Gasteiger partial charge in [-0.2, -0.15) is 0 Å². The molecule has 0 bridgehead atoms. The fourth-order valence-electron chi connectivity index (χ4n) is 2.70. The molecule has 0 spiro atoms. The molecule has 0 aliphatic carbocycles. The van der Waals surface area contributed by atoms with E-state index in [0.29, 0.717) is 13.2 Å². The lowest BCUT2D eigenvalue weighted by atomic mass is 10.1. The van der Waals surface area contributed by atoms with E-state index in [4.69, 9.17) is 4.74 Å². The average molecular weight is 349 g/mol. The SMILES string of the molecule is CCOc1cc(C)ccc1CNC(=NC)NCCCCN(CC)CC. The molecule has 0 saturated carbocycles. The Bertz CT molecular complexity index is 512. The van der Waals surface area contributed by atoms with Crippen molar-refractivity contribution in [2.75, 3.05) is 39.8 Å². The summed E-state index contributed by atoms with van der Waals surface area (Å²) in [5.41, 5.74) is 2.36. The molecule has 0 aliphatic heterocycles. The highest BCUT2D eigenvalue weighted by molar-refractivity contribution is 5.79. The van der Waals surface area contributed by atoms with Gasteiger partial charge in [0.1, 0.15) is 5.75 Å². The minimum Gasteiger partial charge on any atom is -0.494 e. The molecule has 142 valence electrons. The minimum atomic E-state index is 0.677. The number of aryl methyl sites for hydroxylation is 1. The summed E-state index contributed by atoms with van der Waals surface area (Å²) in [5, 5.41) is 6.77. The van der Waals surface area contributed by atoms with Gasteiger partial charge in [0.2, 0.25) is 0 Å². The molecule has 1 rings (SSSR count). The zero-order valence-corrected chi connectivity index (χ0v) is 16.7. The van der Waals surface area contributed by atoms with E-state index in [0.717, 1.165) is 43.3 Å². The number of ether oxygens (including phenoxy) is 1. The Morgan fingerprint density at radius 3 is 2.52 bits per heavy atom. The van der Waals surface area contributed by atoms with Crippen molar-refractivity contribution in [3.05, 3.63) is 29.3 Å². The van der Waals surface area contributed by atoms with Crippen molar-refractivity contribution in [2.24, 2.45) is 4.99 Å². The van der Waals surface area contributed by atoms with Gasteiger partial charge in [-0.1, -0.05) is 26.0 Å². The number of unbranched alkanes of at least 4 members (excludes halogenated alkanes) is 1. The normalized spacial score (nSPS) is 11.7. The standard InChI is InChI=1S/C20H36N4O/c1-6-24(7-2)14-10-9-13-22-20(21-5)23-16-18-12-11-17(4)15-19(18)25-8-3/h11-12,15H,6-10,13-14,16H2,1-5H3,(H2,21,22,23). The maximum atomic E-state index is 5.74. The molecule has 0 atom stereocenters. The van der Waals surface area contributed by atoms with Crippen LogP contribution in [-0.2, 0) is 6.54 Å². The third-order valence-electron chi connectivity index (χ3n) is 4.28. The van der Waals surface area contributed by atoms with Gasteiger partial charge in [0.25, 0.3) is 0 Å². The van der Waals surface area contributed by atoms with Crippen molar-refractivity contribution >= 4 is 5.96 Å². The van der Waals surface area contributed by atoms with E-state index in [1.807, 2.05) is 14.0 Å². The van der Waals surface area contributed by atoms with E-state index < -0.39 is 0 Å². The van der Waals surface area contributed by atoms with Crippen molar-refractivity contribution < 1.29 is 4.74 Å². The Morgan fingerprint density at radius 2 is 1.88 bits per heavy atom. The molecule has 0 unspecified atom stereocenters. The molecule has 0 amide bonds. The van der Waals surface area contributed by atoms with Crippen molar-refractivity contribution in [3.8, 4) is 5.75 Å². The zero-order valence-electron chi connectivity index (χ0n) is 16.7. The van der Waals surface area contributed by atoms with Gasteiger partial charge in [0.15, 0.2) is 5.96 Å². The second-order valence-corrected chi connectivity index (χ2v) is 6.13. The van der Waals surface area contributed by atoms with Crippen molar-refractivity contribution in [3.63, 3.8) is 0 Å². The molecule has 5 heteroatoms. The summed E-state index contributed by atoms with van der Waals surface area (Å²) in [7, 11) is 1.81. The lowest BCUT2D eigenvalue weighted by Crippen LogP contribution is -2.37. The van der Waals surface area contributed by atoms with Gasteiger partial charge in [0, 0.05) is 25.7 Å². The molecule has 2 N–H and O–H groups in total. The highest BCUT2D eigenvalue weighted by atomic mass is 16.5. The van der Waals surface area contributed by atoms with Gasteiger partial charge in [-0.05, 0) is 58.0 Å². The minimum absolute atomic E-state index is 0.677. The smallest absolute Gasteiger partial charge is 0.191 e. The van der Waals surface area contributed by atoms with Gasteiger partial charge < -0.3 is 20.3 Å². The number of benzene rings is 1. The van der Waals surface area contributed by atoms with E-state index >= 15 is 0 Å². The van der Waals surface area contributed by atoms with Gasteiger partial charge in [-0.25, -0.2) is 0 Å². The molecular formula is C20H36N4O. The molecule has 1 aromatic rings. The topological polar surface area (TPSA) is 48.9 Å². The zero-order chi connectivity index (χ0) is 18.5. The molecule has 0 fully saturated rings. The van der Waals surface area contributed by atoms with E-state index in [2.05, 4.69) is 59.5 Å². The van der Waals surface area contributed by atoms with Crippen LogP contribution in [0.2, 0.25) is 0 Å². The predicted octanol–water partition coefficient (Wildman–Crippen LogP) is 3.18. The molecule has 25 heavy (non-hydrogen) atoms. The summed E-state index contributed by atoms with van der Waals surface area (Å²) in [6, 6.07) is 6.32. The van der Waals surface area contributed by atoms with Gasteiger partial charge in [-0.3, -0.25) is 4.99 Å². The number of aliphatic imine (C=N–C) groups is 1. The summed E-state index contributed by atoms with van der Waals surface area (Å²) in [5.74, 6) is 1.79. The molecule has 0 aromatic heterocycles. The van der Waals surface area contributed by atoms with Crippen LogP contribution in [0.5, 0.6) is 5.75 Å². The molecule has 0 heterocycles. The Labute approximate surface area is 153 Å².